The number of nitrogens with zero attached hydrogens (tertiary/aromatic N) is 1. The Labute approximate surface area is 48.5 Å². The van der Waals surface area contributed by atoms with Crippen molar-refractivity contribution in [3.05, 3.63) is 11.5 Å². The molecule has 1 nitrogen and oxygen atoms in total. The predicted octanol–water partition coefficient (Wildman–Crippen LogP) is 1.48. The first-order valence-electron chi connectivity index (χ1n) is 2.42. The molecule has 0 aliphatic carbocycles. The Hall–Kier alpha value is 0.0500. The van der Waals surface area contributed by atoms with E-state index in [1.54, 1.807) is 11.9 Å². The van der Waals surface area contributed by atoms with E-state index in [4.69, 9.17) is 0 Å². The maximum absolute atomic E-state index is 2.22. The van der Waals surface area contributed by atoms with Gasteiger partial charge in [0.2, 0.25) is 0 Å². The number of hydrogen-bond acceptors (Lipinski definition) is 2. The minimum atomic E-state index is 1.20. The van der Waals surface area contributed by atoms with Gasteiger partial charge in [0.25, 0.3) is 0 Å². The van der Waals surface area contributed by atoms with Gasteiger partial charge in [-0.1, -0.05) is 18.0 Å². The van der Waals surface area contributed by atoms with Gasteiger partial charge in [-0.15, -0.1) is 0 Å². The van der Waals surface area contributed by atoms with Crippen molar-refractivity contribution in [3.63, 3.8) is 0 Å². The average molecular weight is 115 g/mol. The summed E-state index contributed by atoms with van der Waals surface area (Å²) in [5.41, 5.74) is 0. The Morgan fingerprint density at radius 3 is 2.86 bits per heavy atom. The fraction of sp³-hybridized carbons (Fsp3) is 0.600. The monoisotopic (exact) mass is 115 g/mol. The summed E-state index contributed by atoms with van der Waals surface area (Å²) >= 11 is 1.77. The van der Waals surface area contributed by atoms with Gasteiger partial charge in [-0.3, -0.25) is 0 Å². The van der Waals surface area contributed by atoms with Gasteiger partial charge in [0.05, 0.1) is 0 Å². The Bertz CT molecular complexity index is 80.1. The zero-order valence-electron chi connectivity index (χ0n) is 4.42. The van der Waals surface area contributed by atoms with Gasteiger partial charge >= 0.3 is 0 Å². The maximum atomic E-state index is 2.22. The van der Waals surface area contributed by atoms with Crippen LogP contribution in [-0.2, 0) is 0 Å². The highest BCUT2D eigenvalue weighted by Gasteiger charge is 1.96. The second-order valence-electron chi connectivity index (χ2n) is 1.62. The van der Waals surface area contributed by atoms with Crippen LogP contribution < -0.4 is 0 Å². The van der Waals surface area contributed by atoms with Crippen molar-refractivity contribution in [2.24, 2.45) is 0 Å². The molecular formula is C5H9NS. The van der Waals surface area contributed by atoms with Crippen molar-refractivity contribution in [2.45, 2.75) is 6.42 Å². The highest BCUT2D eigenvalue weighted by Crippen LogP contribution is 2.13. The molecule has 0 bridgehead atoms. The summed E-state index contributed by atoms with van der Waals surface area (Å²) in [5.74, 6) is 0. The lowest BCUT2D eigenvalue weighted by Crippen LogP contribution is -2.10. The number of hydrogen-bond donors (Lipinski definition) is 0. The molecule has 1 aliphatic rings. The Balaban J connectivity index is 2.32. The summed E-state index contributed by atoms with van der Waals surface area (Å²) in [6.07, 6.45) is 3.41. The van der Waals surface area contributed by atoms with E-state index in [0.29, 0.717) is 0 Å². The third kappa shape index (κ3) is 1.53. The molecular weight excluding hydrogens is 106 g/mol. The van der Waals surface area contributed by atoms with Crippen LogP contribution in [-0.4, -0.2) is 17.9 Å². The SMILES string of the molecule is CN1CCC=CS1. The molecule has 0 radical (unpaired) electrons. The maximum Gasteiger partial charge on any atom is 0.0124 e. The zero-order valence-corrected chi connectivity index (χ0v) is 5.24. The molecule has 0 saturated heterocycles. The fourth-order valence-corrected chi connectivity index (χ4v) is 1.16. The molecule has 0 spiro atoms. The van der Waals surface area contributed by atoms with Gasteiger partial charge in [-0.25, -0.2) is 4.31 Å². The van der Waals surface area contributed by atoms with Crippen LogP contribution in [0.3, 0.4) is 0 Å². The van der Waals surface area contributed by atoms with Crippen LogP contribution in [0, 0.1) is 0 Å². The lowest BCUT2D eigenvalue weighted by atomic mass is 10.4. The van der Waals surface area contributed by atoms with E-state index in [-0.39, 0.29) is 0 Å². The third-order valence-corrected chi connectivity index (χ3v) is 1.80. The number of rotatable bonds is 0. The first kappa shape index (κ1) is 5.19. The predicted molar refractivity (Wildman–Crippen MR) is 34.0 cm³/mol. The Kier molecular flexibility index (Phi) is 1.77. The van der Waals surface area contributed by atoms with E-state index in [9.17, 15) is 0 Å². The van der Waals surface area contributed by atoms with Gasteiger partial charge in [-0.05, 0) is 18.9 Å². The van der Waals surface area contributed by atoms with E-state index in [1.165, 1.54) is 13.0 Å². The molecule has 0 N–H and O–H groups in total. The van der Waals surface area contributed by atoms with E-state index in [2.05, 4.69) is 22.8 Å². The van der Waals surface area contributed by atoms with E-state index >= 15 is 0 Å². The normalized spacial score (nSPS) is 23.0. The van der Waals surface area contributed by atoms with Gasteiger partial charge in [-0.2, -0.15) is 0 Å². The summed E-state index contributed by atoms with van der Waals surface area (Å²) in [6, 6.07) is 0. The van der Waals surface area contributed by atoms with Gasteiger partial charge in [0, 0.05) is 6.54 Å². The molecule has 0 saturated carbocycles. The molecule has 0 amide bonds. The summed E-state index contributed by atoms with van der Waals surface area (Å²) in [6.45, 7) is 1.20. The van der Waals surface area contributed by atoms with Crippen LogP contribution in [0.4, 0.5) is 0 Å². The van der Waals surface area contributed by atoms with Crippen molar-refractivity contribution in [1.29, 1.82) is 0 Å². The third-order valence-electron chi connectivity index (χ3n) is 0.948. The summed E-state index contributed by atoms with van der Waals surface area (Å²) < 4.78 is 2.22. The van der Waals surface area contributed by atoms with E-state index in [1.807, 2.05) is 0 Å². The molecule has 0 aromatic carbocycles. The van der Waals surface area contributed by atoms with Crippen molar-refractivity contribution in [1.82, 2.24) is 4.31 Å². The van der Waals surface area contributed by atoms with Gasteiger partial charge < -0.3 is 0 Å². The first-order valence-corrected chi connectivity index (χ1v) is 3.26. The quantitative estimate of drug-likeness (QED) is 0.440. The average Bonchev–Trinajstić information content (AvgIpc) is 1.69. The molecule has 0 unspecified atom stereocenters. The molecule has 0 fully saturated rings. The highest BCUT2D eigenvalue weighted by molar-refractivity contribution is 7.99. The second-order valence-corrected chi connectivity index (χ2v) is 2.72. The smallest absolute Gasteiger partial charge is 0.0124 e. The molecule has 40 valence electrons. The minimum Gasteiger partial charge on any atom is -0.250 e. The topological polar surface area (TPSA) is 3.24 Å². The molecule has 1 aliphatic heterocycles. The lowest BCUT2D eigenvalue weighted by Gasteiger charge is -2.14. The first-order chi connectivity index (χ1) is 3.39. The zero-order chi connectivity index (χ0) is 5.11. The Morgan fingerprint density at radius 2 is 2.57 bits per heavy atom. The largest absolute Gasteiger partial charge is 0.250 e. The molecule has 2 heteroatoms. The van der Waals surface area contributed by atoms with Crippen LogP contribution in [0.2, 0.25) is 0 Å². The van der Waals surface area contributed by atoms with Crippen LogP contribution in [0.15, 0.2) is 11.5 Å². The highest BCUT2D eigenvalue weighted by atomic mass is 32.2. The van der Waals surface area contributed by atoms with E-state index in [0.717, 1.165) is 0 Å². The standard InChI is InChI=1S/C5H9NS/c1-6-4-2-3-5-7-6/h3,5H,2,4H2,1H3. The van der Waals surface area contributed by atoms with Crippen molar-refractivity contribution >= 4 is 11.9 Å². The van der Waals surface area contributed by atoms with E-state index < -0.39 is 0 Å². The van der Waals surface area contributed by atoms with Crippen LogP contribution in [0.1, 0.15) is 6.42 Å². The molecule has 7 heavy (non-hydrogen) atoms. The van der Waals surface area contributed by atoms with Crippen molar-refractivity contribution < 1.29 is 0 Å². The van der Waals surface area contributed by atoms with Crippen LogP contribution in [0.25, 0.3) is 0 Å². The molecule has 1 rings (SSSR count). The molecule has 0 aromatic rings. The minimum absolute atomic E-state index is 1.20. The fourth-order valence-electron chi connectivity index (χ4n) is 0.524. The summed E-state index contributed by atoms with van der Waals surface area (Å²) in [5, 5.41) is 2.13. The lowest BCUT2D eigenvalue weighted by molar-refractivity contribution is 0.573. The molecule has 1 heterocycles. The van der Waals surface area contributed by atoms with Gasteiger partial charge in [0.1, 0.15) is 0 Å². The summed E-state index contributed by atoms with van der Waals surface area (Å²) in [4.78, 5) is 0. The molecule has 0 atom stereocenters. The Morgan fingerprint density at radius 1 is 1.71 bits per heavy atom. The second kappa shape index (κ2) is 2.38. The summed E-state index contributed by atoms with van der Waals surface area (Å²) in [7, 11) is 2.11. The van der Waals surface area contributed by atoms with Crippen molar-refractivity contribution in [3.8, 4) is 0 Å². The van der Waals surface area contributed by atoms with Crippen molar-refractivity contribution in [2.75, 3.05) is 13.6 Å². The van der Waals surface area contributed by atoms with Gasteiger partial charge in [0.15, 0.2) is 0 Å². The molecule has 0 aromatic heterocycles. The van der Waals surface area contributed by atoms with Crippen LogP contribution in [0.5, 0.6) is 0 Å². The van der Waals surface area contributed by atoms with Crippen LogP contribution >= 0.6 is 11.9 Å².